The number of rotatable bonds is 6. The van der Waals surface area contributed by atoms with E-state index in [4.69, 9.17) is 0 Å². The van der Waals surface area contributed by atoms with E-state index in [1.54, 1.807) is 26.0 Å². The van der Waals surface area contributed by atoms with E-state index in [1.807, 2.05) is 6.92 Å². The number of nitrogens with one attached hydrogen (secondary N) is 2. The van der Waals surface area contributed by atoms with Gasteiger partial charge in [-0.1, -0.05) is 24.6 Å². The monoisotopic (exact) mass is 386 g/mol. The summed E-state index contributed by atoms with van der Waals surface area (Å²) in [5, 5.41) is 0. The minimum Gasteiger partial charge on any atom is -0.278 e. The van der Waals surface area contributed by atoms with Gasteiger partial charge >= 0.3 is 0 Å². The first-order valence-corrected chi connectivity index (χ1v) is 10.4. The first kappa shape index (κ1) is 19.4. The molecule has 0 bridgehead atoms. The Hall–Kier alpha value is -1.97. The van der Waals surface area contributed by atoms with E-state index in [0.717, 1.165) is 23.8 Å². The number of anilines is 1. The predicted molar refractivity (Wildman–Crippen MR) is 94.0 cm³/mol. The van der Waals surface area contributed by atoms with Crippen LogP contribution in [0.4, 0.5) is 10.1 Å². The first-order valence-electron chi connectivity index (χ1n) is 7.46. The molecule has 0 unspecified atom stereocenters. The smallest absolute Gasteiger partial charge is 0.262 e. The molecule has 0 aromatic heterocycles. The van der Waals surface area contributed by atoms with E-state index < -0.39 is 30.8 Å². The summed E-state index contributed by atoms with van der Waals surface area (Å²) in [5.41, 5.74) is 1.20. The molecule has 2 rings (SSSR count). The second-order valence-corrected chi connectivity index (χ2v) is 8.90. The van der Waals surface area contributed by atoms with Crippen molar-refractivity contribution in [2.24, 2.45) is 0 Å². The fraction of sp³-hybridized carbons (Fsp3) is 0.250. The van der Waals surface area contributed by atoms with Crippen LogP contribution >= 0.6 is 0 Å². The Labute approximate surface area is 147 Å². The zero-order chi connectivity index (χ0) is 18.8. The number of aryl methyl sites for hydroxylation is 2. The molecule has 0 atom stereocenters. The molecule has 2 aromatic carbocycles. The Morgan fingerprint density at radius 1 is 0.920 bits per heavy atom. The Morgan fingerprint density at radius 3 is 2.20 bits per heavy atom. The van der Waals surface area contributed by atoms with Gasteiger partial charge in [-0.2, -0.15) is 0 Å². The summed E-state index contributed by atoms with van der Waals surface area (Å²) < 4.78 is 67.7. The standard InChI is InChI=1S/C16H19FN2O4S2/c1-4-18-24(20,21)16-10-13(17)6-7-14(16)19-25(22,23)15-8-5-11(2)9-12(15)3/h5-10,18-19H,4H2,1-3H3. The van der Waals surface area contributed by atoms with E-state index in [2.05, 4.69) is 9.44 Å². The molecule has 6 nitrogen and oxygen atoms in total. The van der Waals surface area contributed by atoms with Crippen LogP contribution in [0.2, 0.25) is 0 Å². The number of halogens is 1. The zero-order valence-electron chi connectivity index (χ0n) is 14.0. The SMILES string of the molecule is CCNS(=O)(=O)c1cc(F)ccc1NS(=O)(=O)c1ccc(C)cc1C. The van der Waals surface area contributed by atoms with Gasteiger partial charge in [0.1, 0.15) is 10.7 Å². The van der Waals surface area contributed by atoms with E-state index >= 15 is 0 Å². The molecule has 0 amide bonds. The highest BCUT2D eigenvalue weighted by Crippen LogP contribution is 2.26. The van der Waals surface area contributed by atoms with E-state index in [1.165, 1.54) is 6.07 Å². The van der Waals surface area contributed by atoms with Crippen molar-refractivity contribution in [2.45, 2.75) is 30.6 Å². The summed E-state index contributed by atoms with van der Waals surface area (Å²) >= 11 is 0. The van der Waals surface area contributed by atoms with Gasteiger partial charge in [-0.15, -0.1) is 0 Å². The molecule has 2 aromatic rings. The summed E-state index contributed by atoms with van der Waals surface area (Å²) in [7, 11) is -8.09. The van der Waals surface area contributed by atoms with Gasteiger partial charge in [0, 0.05) is 6.54 Å². The molecule has 25 heavy (non-hydrogen) atoms. The zero-order valence-corrected chi connectivity index (χ0v) is 15.6. The van der Waals surface area contributed by atoms with Crippen LogP contribution in [0.15, 0.2) is 46.2 Å². The molecule has 0 aliphatic heterocycles. The third-order valence-electron chi connectivity index (χ3n) is 3.43. The van der Waals surface area contributed by atoms with Crippen molar-refractivity contribution in [2.75, 3.05) is 11.3 Å². The maximum atomic E-state index is 13.5. The molecule has 136 valence electrons. The minimum absolute atomic E-state index is 0.0224. The number of sulfonamides is 2. The van der Waals surface area contributed by atoms with Crippen LogP contribution < -0.4 is 9.44 Å². The summed E-state index contributed by atoms with van der Waals surface area (Å²) in [6.45, 7) is 5.12. The van der Waals surface area contributed by atoms with Gasteiger partial charge in [0.05, 0.1) is 10.6 Å². The van der Waals surface area contributed by atoms with Crippen molar-refractivity contribution in [1.82, 2.24) is 4.72 Å². The Kier molecular flexibility index (Phi) is 5.50. The van der Waals surface area contributed by atoms with Crippen LogP contribution in [0.25, 0.3) is 0 Å². The van der Waals surface area contributed by atoms with Gasteiger partial charge in [0.15, 0.2) is 0 Å². The molecule has 0 spiro atoms. The summed E-state index contributed by atoms with van der Waals surface area (Å²) in [6.07, 6.45) is 0. The van der Waals surface area contributed by atoms with Gasteiger partial charge in [0.2, 0.25) is 10.0 Å². The molecule has 0 heterocycles. The molecule has 0 saturated heterocycles. The topological polar surface area (TPSA) is 92.3 Å². The summed E-state index contributed by atoms with van der Waals surface area (Å²) in [5.74, 6) is -0.786. The van der Waals surface area contributed by atoms with E-state index in [9.17, 15) is 21.2 Å². The fourth-order valence-electron chi connectivity index (χ4n) is 2.37. The largest absolute Gasteiger partial charge is 0.278 e. The number of hydrogen-bond donors (Lipinski definition) is 2. The minimum atomic E-state index is -4.05. The molecule has 0 saturated carbocycles. The summed E-state index contributed by atoms with van der Waals surface area (Å²) in [6, 6.07) is 7.64. The van der Waals surface area contributed by atoms with E-state index in [0.29, 0.717) is 5.56 Å². The van der Waals surface area contributed by atoms with Crippen molar-refractivity contribution < 1.29 is 21.2 Å². The lowest BCUT2D eigenvalue weighted by Gasteiger charge is -2.14. The van der Waals surface area contributed by atoms with Crippen molar-refractivity contribution in [3.63, 3.8) is 0 Å². The lowest BCUT2D eigenvalue weighted by atomic mass is 10.2. The Balaban J connectivity index is 2.53. The number of hydrogen-bond acceptors (Lipinski definition) is 4. The second-order valence-electron chi connectivity index (χ2n) is 5.52. The molecule has 0 aliphatic carbocycles. The van der Waals surface area contributed by atoms with E-state index in [-0.39, 0.29) is 17.1 Å². The highest BCUT2D eigenvalue weighted by atomic mass is 32.2. The maximum absolute atomic E-state index is 13.5. The van der Waals surface area contributed by atoms with Gasteiger partial charge in [-0.05, 0) is 43.7 Å². The molecule has 0 fully saturated rings. The van der Waals surface area contributed by atoms with Crippen LogP contribution in [0, 0.1) is 19.7 Å². The molecule has 2 N–H and O–H groups in total. The van der Waals surface area contributed by atoms with Crippen LogP contribution in [-0.4, -0.2) is 23.4 Å². The molecular weight excluding hydrogens is 367 g/mol. The third-order valence-corrected chi connectivity index (χ3v) is 6.54. The molecule has 0 aliphatic rings. The maximum Gasteiger partial charge on any atom is 0.262 e. The normalized spacial score (nSPS) is 12.2. The third kappa shape index (κ3) is 4.36. The van der Waals surface area contributed by atoms with Gasteiger partial charge in [-0.3, -0.25) is 4.72 Å². The molecule has 9 heteroatoms. The van der Waals surface area contributed by atoms with Crippen LogP contribution in [0.1, 0.15) is 18.1 Å². The average molecular weight is 386 g/mol. The Morgan fingerprint density at radius 2 is 1.60 bits per heavy atom. The molecule has 0 radical (unpaired) electrons. The number of benzene rings is 2. The van der Waals surface area contributed by atoms with Gasteiger partial charge in [0.25, 0.3) is 10.0 Å². The predicted octanol–water partition coefficient (Wildman–Crippen LogP) is 2.54. The lowest BCUT2D eigenvalue weighted by Crippen LogP contribution is -2.25. The second kappa shape index (κ2) is 7.11. The molecular formula is C16H19FN2O4S2. The van der Waals surface area contributed by atoms with Gasteiger partial charge in [-0.25, -0.2) is 25.9 Å². The summed E-state index contributed by atoms with van der Waals surface area (Å²) in [4.78, 5) is -0.447. The van der Waals surface area contributed by atoms with Gasteiger partial charge < -0.3 is 0 Å². The van der Waals surface area contributed by atoms with Crippen LogP contribution in [0.5, 0.6) is 0 Å². The lowest BCUT2D eigenvalue weighted by molar-refractivity contribution is 0.580. The fourth-order valence-corrected chi connectivity index (χ4v) is 4.96. The average Bonchev–Trinajstić information content (AvgIpc) is 2.48. The quantitative estimate of drug-likeness (QED) is 0.798. The Bertz CT molecular complexity index is 1000. The van der Waals surface area contributed by atoms with Crippen LogP contribution in [0.3, 0.4) is 0 Å². The van der Waals surface area contributed by atoms with Crippen molar-refractivity contribution in [3.8, 4) is 0 Å². The van der Waals surface area contributed by atoms with Crippen molar-refractivity contribution in [1.29, 1.82) is 0 Å². The first-order chi connectivity index (χ1) is 11.6. The van der Waals surface area contributed by atoms with Crippen molar-refractivity contribution in [3.05, 3.63) is 53.3 Å². The van der Waals surface area contributed by atoms with Crippen LogP contribution in [-0.2, 0) is 20.0 Å². The highest BCUT2D eigenvalue weighted by Gasteiger charge is 2.24. The van der Waals surface area contributed by atoms with Crippen molar-refractivity contribution >= 4 is 25.7 Å². The highest BCUT2D eigenvalue weighted by molar-refractivity contribution is 7.93.